The number of benzene rings is 1. The predicted molar refractivity (Wildman–Crippen MR) is 84.0 cm³/mol. The van der Waals surface area contributed by atoms with E-state index in [2.05, 4.69) is 10.6 Å². The fourth-order valence-electron chi connectivity index (χ4n) is 2.23. The van der Waals surface area contributed by atoms with Gasteiger partial charge >= 0.3 is 0 Å². The maximum atomic E-state index is 11.4. The molecule has 0 aliphatic carbocycles. The van der Waals surface area contributed by atoms with E-state index in [0.717, 1.165) is 5.56 Å². The van der Waals surface area contributed by atoms with Crippen molar-refractivity contribution in [3.8, 4) is 6.07 Å². The number of nitro benzene ring substituents is 1. The number of unbranched alkanes of at least 4 members (excludes halogenated alkanes) is 2. The third-order valence-corrected chi connectivity index (χ3v) is 4.93. The van der Waals surface area contributed by atoms with Crippen LogP contribution in [0.2, 0.25) is 0 Å². The maximum Gasteiger partial charge on any atom is 0.269 e. The Hall–Kier alpha value is -1.74. The molecule has 0 aliphatic heterocycles. The lowest BCUT2D eigenvalue weighted by Crippen LogP contribution is -2.08. The Balaban J connectivity index is 2.41. The van der Waals surface area contributed by atoms with Gasteiger partial charge in [-0.05, 0) is 25.3 Å². The highest BCUT2D eigenvalue weighted by atomic mass is 31.2. The number of hydrogen-bond donors (Lipinski definition) is 0. The lowest BCUT2D eigenvalue weighted by atomic mass is 9.94. The number of nitrogens with zero attached hydrogens (tertiary/aromatic N) is 2. The molecule has 0 radical (unpaired) electrons. The van der Waals surface area contributed by atoms with Crippen LogP contribution in [0.3, 0.4) is 0 Å². The van der Waals surface area contributed by atoms with Crippen LogP contribution in [0.5, 0.6) is 0 Å². The van der Waals surface area contributed by atoms with Crippen molar-refractivity contribution in [1.29, 1.82) is 5.26 Å². The van der Waals surface area contributed by atoms with Gasteiger partial charge in [0.2, 0.25) is 0 Å². The van der Waals surface area contributed by atoms with E-state index in [1.54, 1.807) is 19.1 Å². The number of non-ortho nitro benzene ring substituents is 1. The predicted octanol–water partition coefficient (Wildman–Crippen LogP) is 3.35. The molecule has 8 heteroatoms. The van der Waals surface area contributed by atoms with E-state index in [9.17, 15) is 24.8 Å². The quantitative estimate of drug-likeness (QED) is 0.279. The monoisotopic (exact) mass is 339 g/mol. The molecule has 2 atom stereocenters. The standard InChI is InChI=1S/C15H21N2O5P/c1-2-22-23(20,21)11-5-3-4-6-14(12-16)13-7-9-15(10-8-13)17(18)19/h7-10,14H,2-6,11H2,1H3,(H,20,21)/p-1. The number of hydrogen-bond acceptors (Lipinski definition) is 6. The topological polar surface area (TPSA) is 116 Å². The van der Waals surface area contributed by atoms with Crippen molar-refractivity contribution in [2.24, 2.45) is 0 Å². The van der Waals surface area contributed by atoms with Gasteiger partial charge in [0.1, 0.15) is 7.60 Å². The van der Waals surface area contributed by atoms with Gasteiger partial charge in [-0.1, -0.05) is 25.0 Å². The average molecular weight is 339 g/mol. The molecule has 0 saturated heterocycles. The van der Waals surface area contributed by atoms with Crippen molar-refractivity contribution in [2.45, 2.75) is 38.5 Å². The highest BCUT2D eigenvalue weighted by molar-refractivity contribution is 7.51. The Morgan fingerprint density at radius 3 is 2.48 bits per heavy atom. The molecule has 2 unspecified atom stereocenters. The SMILES string of the molecule is CCOP(=O)([O-])CCCCCC(C#N)c1ccc([N+](=O)[O-])cc1. The van der Waals surface area contributed by atoms with Crippen LogP contribution in [0, 0.1) is 21.4 Å². The Morgan fingerprint density at radius 2 is 1.96 bits per heavy atom. The van der Waals surface area contributed by atoms with E-state index in [1.807, 2.05) is 0 Å². The van der Waals surface area contributed by atoms with Gasteiger partial charge in [-0.15, -0.1) is 0 Å². The molecule has 0 aromatic heterocycles. The summed E-state index contributed by atoms with van der Waals surface area (Å²) >= 11 is 0. The summed E-state index contributed by atoms with van der Waals surface area (Å²) in [5, 5.41) is 19.8. The Bertz CT molecular complexity index is 597. The number of rotatable bonds is 10. The minimum atomic E-state index is -3.72. The summed E-state index contributed by atoms with van der Waals surface area (Å²) in [6.45, 7) is 1.78. The van der Waals surface area contributed by atoms with Crippen LogP contribution in [0.15, 0.2) is 24.3 Å². The molecule has 0 amide bonds. The van der Waals surface area contributed by atoms with Crippen LogP contribution in [0.25, 0.3) is 0 Å². The summed E-state index contributed by atoms with van der Waals surface area (Å²) in [7, 11) is -3.72. The molecule has 0 bridgehead atoms. The van der Waals surface area contributed by atoms with Crippen LogP contribution in [-0.4, -0.2) is 17.7 Å². The summed E-state index contributed by atoms with van der Waals surface area (Å²) in [6, 6.07) is 8.13. The van der Waals surface area contributed by atoms with Crippen LogP contribution >= 0.6 is 7.60 Å². The van der Waals surface area contributed by atoms with Gasteiger partial charge in [0.05, 0.1) is 23.5 Å². The first-order valence-corrected chi connectivity index (χ1v) is 9.21. The minimum Gasteiger partial charge on any atom is -0.778 e. The van der Waals surface area contributed by atoms with Crippen molar-refractivity contribution in [2.75, 3.05) is 12.8 Å². The summed E-state index contributed by atoms with van der Waals surface area (Å²) in [6.07, 6.45) is 2.49. The Morgan fingerprint density at radius 1 is 1.30 bits per heavy atom. The molecule has 1 aromatic rings. The summed E-state index contributed by atoms with van der Waals surface area (Å²) in [5.74, 6) is -0.346. The molecular weight excluding hydrogens is 319 g/mol. The van der Waals surface area contributed by atoms with Gasteiger partial charge < -0.3 is 14.0 Å². The first kappa shape index (κ1) is 19.3. The van der Waals surface area contributed by atoms with Gasteiger partial charge in [-0.2, -0.15) is 5.26 Å². The zero-order valence-electron chi connectivity index (χ0n) is 13.0. The van der Waals surface area contributed by atoms with Crippen LogP contribution in [0.4, 0.5) is 5.69 Å². The van der Waals surface area contributed by atoms with Crippen LogP contribution < -0.4 is 4.89 Å². The minimum absolute atomic E-state index is 0.00689. The van der Waals surface area contributed by atoms with Gasteiger partial charge in [0, 0.05) is 18.3 Å². The first-order chi connectivity index (χ1) is 10.9. The highest BCUT2D eigenvalue weighted by Crippen LogP contribution is 2.37. The van der Waals surface area contributed by atoms with E-state index in [0.29, 0.717) is 25.7 Å². The third-order valence-electron chi connectivity index (χ3n) is 3.41. The molecule has 126 valence electrons. The Labute approximate surface area is 135 Å². The smallest absolute Gasteiger partial charge is 0.269 e. The van der Waals surface area contributed by atoms with E-state index in [1.165, 1.54) is 12.1 Å². The van der Waals surface area contributed by atoms with Crippen LogP contribution in [0.1, 0.15) is 44.1 Å². The van der Waals surface area contributed by atoms with Gasteiger partial charge in [-0.3, -0.25) is 10.1 Å². The summed E-state index contributed by atoms with van der Waals surface area (Å²) in [5.41, 5.74) is 0.731. The van der Waals surface area contributed by atoms with Crippen molar-refractivity contribution < 1.29 is 18.9 Å². The molecule has 7 nitrogen and oxygen atoms in total. The van der Waals surface area contributed by atoms with Crippen molar-refractivity contribution in [1.82, 2.24) is 0 Å². The highest BCUT2D eigenvalue weighted by Gasteiger charge is 2.13. The fourth-order valence-corrected chi connectivity index (χ4v) is 3.36. The molecule has 0 spiro atoms. The largest absolute Gasteiger partial charge is 0.778 e. The van der Waals surface area contributed by atoms with E-state index >= 15 is 0 Å². The third kappa shape index (κ3) is 6.91. The molecule has 0 heterocycles. The van der Waals surface area contributed by atoms with Crippen molar-refractivity contribution in [3.63, 3.8) is 0 Å². The number of nitro groups is 1. The normalized spacial score (nSPS) is 14.7. The lowest BCUT2D eigenvalue weighted by molar-refractivity contribution is -0.384. The van der Waals surface area contributed by atoms with Gasteiger partial charge in [0.15, 0.2) is 0 Å². The summed E-state index contributed by atoms with van der Waals surface area (Å²) in [4.78, 5) is 21.5. The molecule has 0 saturated carbocycles. The summed E-state index contributed by atoms with van der Waals surface area (Å²) < 4.78 is 16.1. The lowest BCUT2D eigenvalue weighted by Gasteiger charge is -2.22. The Kier molecular flexibility index (Phi) is 7.90. The molecule has 0 N–H and O–H groups in total. The van der Waals surface area contributed by atoms with Crippen LogP contribution in [-0.2, 0) is 9.09 Å². The molecule has 0 aliphatic rings. The van der Waals surface area contributed by atoms with Gasteiger partial charge in [-0.25, -0.2) is 0 Å². The molecule has 0 fully saturated rings. The second-order valence-electron chi connectivity index (χ2n) is 5.13. The van der Waals surface area contributed by atoms with Gasteiger partial charge in [0.25, 0.3) is 5.69 Å². The molecule has 23 heavy (non-hydrogen) atoms. The average Bonchev–Trinajstić information content (AvgIpc) is 2.51. The fraction of sp³-hybridized carbons (Fsp3) is 0.533. The second kappa shape index (κ2) is 9.41. The van der Waals surface area contributed by atoms with E-state index in [-0.39, 0.29) is 24.4 Å². The number of nitriles is 1. The van der Waals surface area contributed by atoms with E-state index < -0.39 is 12.5 Å². The van der Waals surface area contributed by atoms with Crippen molar-refractivity contribution >= 4 is 13.3 Å². The molecular formula is C15H20N2O5P-. The first-order valence-electron chi connectivity index (χ1n) is 7.48. The zero-order chi connectivity index (χ0) is 17.3. The van der Waals surface area contributed by atoms with Crippen molar-refractivity contribution in [3.05, 3.63) is 39.9 Å². The molecule has 1 aromatic carbocycles. The maximum absolute atomic E-state index is 11.4. The second-order valence-corrected chi connectivity index (χ2v) is 7.06. The van der Waals surface area contributed by atoms with E-state index in [4.69, 9.17) is 0 Å². The molecule has 1 rings (SSSR count). The zero-order valence-corrected chi connectivity index (χ0v) is 13.9.